The Morgan fingerprint density at radius 2 is 1.91 bits per heavy atom. The Morgan fingerprint density at radius 3 is 2.39 bits per heavy atom. The zero-order chi connectivity index (χ0) is 17.3. The van der Waals surface area contributed by atoms with E-state index in [9.17, 15) is 4.79 Å². The van der Waals surface area contributed by atoms with Crippen LogP contribution in [0.4, 0.5) is 0 Å². The quantitative estimate of drug-likeness (QED) is 0.190. The summed E-state index contributed by atoms with van der Waals surface area (Å²) in [6.45, 7) is 4.19. The van der Waals surface area contributed by atoms with Gasteiger partial charge in [0, 0.05) is 25.9 Å². The first-order chi connectivity index (χ1) is 11.0. The number of hydrogen-bond acceptors (Lipinski definition) is 1. The van der Waals surface area contributed by atoms with Gasteiger partial charge in [-0.1, -0.05) is 65.7 Å². The van der Waals surface area contributed by atoms with Crippen molar-refractivity contribution in [2.24, 2.45) is 10.4 Å². The van der Waals surface area contributed by atoms with Crippen molar-refractivity contribution in [3.63, 3.8) is 0 Å². The van der Waals surface area contributed by atoms with E-state index >= 15 is 0 Å². The number of carbonyl (C=O) groups excluding carboxylic acids is 1. The van der Waals surface area contributed by atoms with E-state index in [-0.39, 0.29) is 5.41 Å². The molecule has 0 atom stereocenters. The van der Waals surface area contributed by atoms with Crippen molar-refractivity contribution in [3.8, 4) is 0 Å². The summed E-state index contributed by atoms with van der Waals surface area (Å²) < 4.78 is 2.21. The summed E-state index contributed by atoms with van der Waals surface area (Å²) in [5, 5.41) is 0. The van der Waals surface area contributed by atoms with Crippen LogP contribution in [0.1, 0.15) is 52.4 Å². The average molecular weight is 428 g/mol. The molecule has 1 rings (SSSR count). The maximum absolute atomic E-state index is 10.9. The Balaban J connectivity index is 3.22. The molecule has 1 fully saturated rings. The Labute approximate surface area is 154 Å². The lowest BCUT2D eigenvalue weighted by molar-refractivity contribution is -0.106. The van der Waals surface area contributed by atoms with E-state index in [4.69, 9.17) is 0 Å². The van der Waals surface area contributed by atoms with Crippen LogP contribution in [0.5, 0.6) is 0 Å². The number of amides is 1. The molecule has 4 heteroatoms. The van der Waals surface area contributed by atoms with E-state index < -0.39 is 0 Å². The van der Waals surface area contributed by atoms with Crippen molar-refractivity contribution in [2.45, 2.75) is 52.4 Å². The maximum Gasteiger partial charge on any atom is 0.234 e. The van der Waals surface area contributed by atoms with Gasteiger partial charge >= 0.3 is 0 Å². The highest BCUT2D eigenvalue weighted by Crippen LogP contribution is 2.47. The molecule has 128 valence electrons. The molecule has 0 saturated heterocycles. The summed E-state index contributed by atoms with van der Waals surface area (Å²) in [6.07, 6.45) is 14.1. The highest BCUT2D eigenvalue weighted by atomic mass is 127. The van der Waals surface area contributed by atoms with Crippen molar-refractivity contribution in [1.29, 1.82) is 0 Å². The number of hydrogen-bond donors (Lipinski definition) is 0. The third-order valence-corrected chi connectivity index (χ3v) is 5.24. The van der Waals surface area contributed by atoms with Gasteiger partial charge in [0.15, 0.2) is 0 Å². The molecule has 0 heterocycles. The van der Waals surface area contributed by atoms with Crippen LogP contribution in [-0.4, -0.2) is 31.2 Å². The monoisotopic (exact) mass is 428 g/mol. The van der Waals surface area contributed by atoms with Crippen LogP contribution in [-0.2, 0) is 4.79 Å². The van der Waals surface area contributed by atoms with E-state index in [1.807, 2.05) is 25.9 Å². The first kappa shape index (κ1) is 20.1. The highest BCUT2D eigenvalue weighted by Gasteiger charge is 2.36. The molecule has 0 aromatic rings. The number of amidine groups is 1. The van der Waals surface area contributed by atoms with E-state index in [0.29, 0.717) is 6.41 Å². The summed E-state index contributed by atoms with van der Waals surface area (Å²) >= 11 is 2.36. The van der Waals surface area contributed by atoms with Crippen LogP contribution in [0.2, 0.25) is 0 Å². The fourth-order valence-electron chi connectivity index (χ4n) is 3.34. The van der Waals surface area contributed by atoms with E-state index in [2.05, 4.69) is 56.8 Å². The van der Waals surface area contributed by atoms with Crippen LogP contribution in [0.3, 0.4) is 0 Å². The van der Waals surface area contributed by atoms with Gasteiger partial charge in [0.05, 0.1) is 0 Å². The van der Waals surface area contributed by atoms with Crippen molar-refractivity contribution in [3.05, 3.63) is 33.5 Å². The molecule has 23 heavy (non-hydrogen) atoms. The number of halogens is 1. The summed E-state index contributed by atoms with van der Waals surface area (Å²) in [6, 6.07) is 0. The van der Waals surface area contributed by atoms with Crippen LogP contribution in [0.15, 0.2) is 38.4 Å². The summed E-state index contributed by atoms with van der Waals surface area (Å²) in [7, 11) is 3.93. The molecular formula is C19H29IN2O. The minimum Gasteiger partial charge on any atom is -0.366 e. The van der Waals surface area contributed by atoms with Crippen LogP contribution >= 0.6 is 22.6 Å². The van der Waals surface area contributed by atoms with Crippen LogP contribution < -0.4 is 0 Å². The molecule has 0 aromatic heterocycles. The van der Waals surface area contributed by atoms with E-state index in [1.165, 1.54) is 30.4 Å². The molecule has 0 N–H and O–H groups in total. The lowest BCUT2D eigenvalue weighted by Gasteiger charge is -2.40. The summed E-state index contributed by atoms with van der Waals surface area (Å²) in [4.78, 5) is 17.0. The number of carbonyl (C=O) groups is 1. The fraction of sp³-hybridized carbons (Fsp3) is 0.579. The molecule has 0 bridgehead atoms. The second kappa shape index (κ2) is 10.1. The number of aliphatic imine (C=N–C) groups is 1. The zero-order valence-electron chi connectivity index (χ0n) is 14.8. The Hall–Kier alpha value is -0.910. The SMILES string of the molecule is C/C=C/C(C)=C\C(=C/I)C1(CC(=NC=O)N(C)C)CCCCC1. The second-order valence-electron chi connectivity index (χ2n) is 6.52. The number of rotatable bonds is 6. The molecule has 3 nitrogen and oxygen atoms in total. The van der Waals surface area contributed by atoms with Gasteiger partial charge in [0.25, 0.3) is 0 Å². The molecule has 0 aliphatic heterocycles. The molecular weight excluding hydrogens is 399 g/mol. The van der Waals surface area contributed by atoms with E-state index in [1.54, 1.807) is 0 Å². The first-order valence-electron chi connectivity index (χ1n) is 8.28. The minimum absolute atomic E-state index is 0.0917. The first-order valence-corrected chi connectivity index (χ1v) is 9.53. The van der Waals surface area contributed by atoms with Crippen LogP contribution in [0, 0.1) is 5.41 Å². The molecule has 1 saturated carbocycles. The predicted molar refractivity (Wildman–Crippen MR) is 108 cm³/mol. The Bertz CT molecular complexity index is 509. The van der Waals surface area contributed by atoms with Crippen molar-refractivity contribution < 1.29 is 4.79 Å². The van der Waals surface area contributed by atoms with Crippen LogP contribution in [0.25, 0.3) is 0 Å². The predicted octanol–water partition coefficient (Wildman–Crippen LogP) is 5.28. The number of allylic oxidation sites excluding steroid dienone is 5. The molecule has 0 spiro atoms. The summed E-state index contributed by atoms with van der Waals surface area (Å²) in [5.74, 6) is 0.870. The molecule has 0 aromatic carbocycles. The van der Waals surface area contributed by atoms with Gasteiger partial charge in [-0.15, -0.1) is 0 Å². The second-order valence-corrected chi connectivity index (χ2v) is 7.14. The van der Waals surface area contributed by atoms with Gasteiger partial charge in [-0.2, -0.15) is 0 Å². The molecule has 1 amide bonds. The smallest absolute Gasteiger partial charge is 0.234 e. The maximum atomic E-state index is 10.9. The number of nitrogens with zero attached hydrogens (tertiary/aromatic N) is 2. The normalized spacial score (nSPS) is 20.0. The highest BCUT2D eigenvalue weighted by molar-refractivity contribution is 14.1. The standard InChI is InChI=1S/C19H29IN2O/c1-5-9-16(2)12-17(14-20)19(10-7-6-8-11-19)13-18(21-15-23)22(3)4/h5,9,12,14-15H,6-8,10-11,13H2,1-4H3/b9-5+,16-12-,17-14+,21-18?. The lowest BCUT2D eigenvalue weighted by atomic mass is 9.66. The molecule has 1 aliphatic carbocycles. The fourth-order valence-corrected chi connectivity index (χ4v) is 4.18. The zero-order valence-corrected chi connectivity index (χ0v) is 17.0. The minimum atomic E-state index is 0.0917. The largest absolute Gasteiger partial charge is 0.366 e. The van der Waals surface area contributed by atoms with Crippen molar-refractivity contribution in [1.82, 2.24) is 4.90 Å². The van der Waals surface area contributed by atoms with Gasteiger partial charge in [0.1, 0.15) is 5.84 Å². The summed E-state index contributed by atoms with van der Waals surface area (Å²) in [5.41, 5.74) is 2.72. The van der Waals surface area contributed by atoms with Gasteiger partial charge in [-0.05, 0) is 36.3 Å². The third-order valence-electron chi connectivity index (χ3n) is 4.57. The Morgan fingerprint density at radius 1 is 1.26 bits per heavy atom. The third kappa shape index (κ3) is 5.90. The topological polar surface area (TPSA) is 32.7 Å². The van der Waals surface area contributed by atoms with Gasteiger partial charge < -0.3 is 4.90 Å². The van der Waals surface area contributed by atoms with Crippen molar-refractivity contribution >= 4 is 34.8 Å². The average Bonchev–Trinajstić information content (AvgIpc) is 2.53. The van der Waals surface area contributed by atoms with Gasteiger partial charge in [0.2, 0.25) is 6.41 Å². The lowest BCUT2D eigenvalue weighted by Crippen LogP contribution is -2.34. The van der Waals surface area contributed by atoms with Gasteiger partial charge in [-0.3, -0.25) is 4.79 Å². The molecule has 0 unspecified atom stereocenters. The van der Waals surface area contributed by atoms with E-state index in [0.717, 1.165) is 25.1 Å². The molecule has 1 aliphatic rings. The Kier molecular flexibility index (Phi) is 8.81. The van der Waals surface area contributed by atoms with Crippen molar-refractivity contribution in [2.75, 3.05) is 14.1 Å². The van der Waals surface area contributed by atoms with Gasteiger partial charge in [-0.25, -0.2) is 4.99 Å². The molecule has 0 radical (unpaired) electrons.